The number of ether oxygens (including phenoxy) is 1. The predicted molar refractivity (Wildman–Crippen MR) is 42.1 cm³/mol. The molecule has 0 aliphatic heterocycles. The lowest BCUT2D eigenvalue weighted by molar-refractivity contribution is -0.166. The highest BCUT2D eigenvalue weighted by molar-refractivity contribution is 5.75. The summed E-state index contributed by atoms with van der Waals surface area (Å²) in [7, 11) is 0.973. The van der Waals surface area contributed by atoms with Crippen molar-refractivity contribution in [3.8, 4) is 0 Å². The molecule has 0 unspecified atom stereocenters. The summed E-state index contributed by atoms with van der Waals surface area (Å²) in [4.78, 5) is 20.6. The van der Waals surface area contributed by atoms with Crippen LogP contribution in [0.4, 0.5) is 0 Å². The third-order valence-corrected chi connectivity index (χ3v) is 1.61. The fraction of sp³-hybridized carbons (Fsp3) is 0.714. The first-order chi connectivity index (χ1) is 6.45. The number of aldehydes is 1. The molecule has 0 amide bonds. The smallest absolute Gasteiger partial charge is 0.337 e. The fourth-order valence-electron chi connectivity index (χ4n) is 0.729. The van der Waals surface area contributed by atoms with Gasteiger partial charge in [0.05, 0.1) is 7.11 Å². The molecule has 4 atom stereocenters. The van der Waals surface area contributed by atoms with Crippen molar-refractivity contribution >= 4 is 12.3 Å². The van der Waals surface area contributed by atoms with Gasteiger partial charge in [0.2, 0.25) is 0 Å². The molecule has 0 aromatic rings. The molecule has 14 heavy (non-hydrogen) atoms. The van der Waals surface area contributed by atoms with Crippen molar-refractivity contribution < 1.29 is 34.8 Å². The maximum Gasteiger partial charge on any atom is 0.337 e. The van der Waals surface area contributed by atoms with Gasteiger partial charge in [-0.3, -0.25) is 0 Å². The summed E-state index contributed by atoms with van der Waals surface area (Å²) < 4.78 is 4.07. The van der Waals surface area contributed by atoms with E-state index >= 15 is 0 Å². The second-order valence-corrected chi connectivity index (χ2v) is 2.58. The van der Waals surface area contributed by atoms with Gasteiger partial charge in [-0.1, -0.05) is 0 Å². The average Bonchev–Trinajstić information content (AvgIpc) is 2.23. The summed E-state index contributed by atoms with van der Waals surface area (Å²) in [5.74, 6) is -1.17. The van der Waals surface area contributed by atoms with Gasteiger partial charge in [0.15, 0.2) is 12.4 Å². The number of hydrogen-bond acceptors (Lipinski definition) is 7. The summed E-state index contributed by atoms with van der Waals surface area (Å²) in [6.45, 7) is 0. The van der Waals surface area contributed by atoms with E-state index < -0.39 is 30.4 Å². The largest absolute Gasteiger partial charge is 0.467 e. The monoisotopic (exact) mass is 208 g/mol. The highest BCUT2D eigenvalue weighted by atomic mass is 16.5. The van der Waals surface area contributed by atoms with Crippen LogP contribution in [0.15, 0.2) is 0 Å². The molecule has 4 N–H and O–H groups in total. The lowest BCUT2D eigenvalue weighted by Crippen LogP contribution is -2.48. The zero-order valence-corrected chi connectivity index (χ0v) is 7.40. The van der Waals surface area contributed by atoms with Crippen LogP contribution in [-0.4, -0.2) is 64.2 Å². The fourth-order valence-corrected chi connectivity index (χ4v) is 0.729. The number of rotatable bonds is 5. The number of methoxy groups -OCH3 is 1. The molecule has 0 heterocycles. The third-order valence-electron chi connectivity index (χ3n) is 1.61. The van der Waals surface area contributed by atoms with Crippen LogP contribution in [-0.2, 0) is 14.3 Å². The minimum Gasteiger partial charge on any atom is -0.467 e. The summed E-state index contributed by atoms with van der Waals surface area (Å²) >= 11 is 0. The summed E-state index contributed by atoms with van der Waals surface area (Å²) in [5, 5.41) is 35.8. The molecule has 0 bridgehead atoms. The number of aliphatic hydroxyl groups is 4. The van der Waals surface area contributed by atoms with Crippen LogP contribution in [0.5, 0.6) is 0 Å². The third kappa shape index (κ3) is 3.04. The second-order valence-electron chi connectivity index (χ2n) is 2.58. The van der Waals surface area contributed by atoms with E-state index in [0.717, 1.165) is 7.11 Å². The van der Waals surface area contributed by atoms with Gasteiger partial charge >= 0.3 is 5.97 Å². The molecule has 0 rings (SSSR count). The normalized spacial score (nSPS) is 19.2. The second kappa shape index (κ2) is 5.66. The van der Waals surface area contributed by atoms with Crippen LogP contribution >= 0.6 is 0 Å². The van der Waals surface area contributed by atoms with E-state index in [1.807, 2.05) is 0 Å². The minimum atomic E-state index is -2.01. The van der Waals surface area contributed by atoms with E-state index in [4.69, 9.17) is 20.4 Å². The van der Waals surface area contributed by atoms with Gasteiger partial charge in [-0.25, -0.2) is 4.79 Å². The first kappa shape index (κ1) is 13.0. The topological polar surface area (TPSA) is 124 Å². The van der Waals surface area contributed by atoms with Gasteiger partial charge in [0.1, 0.15) is 18.3 Å². The van der Waals surface area contributed by atoms with Crippen LogP contribution in [0.1, 0.15) is 0 Å². The maximum atomic E-state index is 10.7. The van der Waals surface area contributed by atoms with Gasteiger partial charge in [-0.15, -0.1) is 0 Å². The highest BCUT2D eigenvalue weighted by Gasteiger charge is 2.34. The molecular weight excluding hydrogens is 196 g/mol. The first-order valence-corrected chi connectivity index (χ1v) is 3.71. The zero-order valence-electron chi connectivity index (χ0n) is 7.40. The lowest BCUT2D eigenvalue weighted by atomic mass is 10.0. The SMILES string of the molecule is COC(=O)[C@@H](O)[C@H](O)[C@@H](O)[C@H](O)C=O. The highest BCUT2D eigenvalue weighted by Crippen LogP contribution is 2.05. The molecule has 7 nitrogen and oxygen atoms in total. The predicted octanol–water partition coefficient (Wildman–Crippen LogP) is -3.20. The van der Waals surface area contributed by atoms with E-state index in [9.17, 15) is 9.59 Å². The van der Waals surface area contributed by atoms with Crippen molar-refractivity contribution in [3.63, 3.8) is 0 Å². The van der Waals surface area contributed by atoms with E-state index in [2.05, 4.69) is 4.74 Å². The zero-order chi connectivity index (χ0) is 11.3. The molecule has 0 radical (unpaired) electrons. The number of hydrogen-bond donors (Lipinski definition) is 4. The Morgan fingerprint density at radius 3 is 2.07 bits per heavy atom. The van der Waals surface area contributed by atoms with Crippen molar-refractivity contribution in [1.82, 2.24) is 0 Å². The van der Waals surface area contributed by atoms with E-state index in [1.54, 1.807) is 0 Å². The average molecular weight is 208 g/mol. The van der Waals surface area contributed by atoms with Crippen molar-refractivity contribution in [3.05, 3.63) is 0 Å². The number of aliphatic hydroxyl groups excluding tert-OH is 4. The molecular formula is C7H12O7. The number of carbonyl (C=O) groups excluding carboxylic acids is 2. The summed E-state index contributed by atoms with van der Waals surface area (Å²) in [5.41, 5.74) is 0. The molecule has 0 saturated heterocycles. The quantitative estimate of drug-likeness (QED) is 0.277. The van der Waals surface area contributed by atoms with Gasteiger partial charge in [-0.05, 0) is 0 Å². The lowest BCUT2D eigenvalue weighted by Gasteiger charge is -2.22. The Kier molecular flexibility index (Phi) is 5.24. The molecule has 7 heteroatoms. The van der Waals surface area contributed by atoms with Crippen LogP contribution < -0.4 is 0 Å². The molecule has 0 saturated carbocycles. The Labute approximate surface area is 79.5 Å². The molecule has 0 aromatic heterocycles. The molecule has 0 aliphatic carbocycles. The Morgan fingerprint density at radius 2 is 1.71 bits per heavy atom. The summed E-state index contributed by atoms with van der Waals surface area (Å²) in [6.07, 6.45) is -7.84. The van der Waals surface area contributed by atoms with Crippen molar-refractivity contribution in [1.29, 1.82) is 0 Å². The van der Waals surface area contributed by atoms with Crippen molar-refractivity contribution in [2.24, 2.45) is 0 Å². The van der Waals surface area contributed by atoms with Crippen LogP contribution in [0.2, 0.25) is 0 Å². The van der Waals surface area contributed by atoms with E-state index in [0.29, 0.717) is 0 Å². The van der Waals surface area contributed by atoms with Crippen LogP contribution in [0.3, 0.4) is 0 Å². The minimum absolute atomic E-state index is 0.0299. The molecule has 0 aliphatic rings. The van der Waals surface area contributed by atoms with E-state index in [-0.39, 0.29) is 6.29 Å². The van der Waals surface area contributed by atoms with Gasteiger partial charge in [0.25, 0.3) is 0 Å². The van der Waals surface area contributed by atoms with Gasteiger partial charge < -0.3 is 30.0 Å². The first-order valence-electron chi connectivity index (χ1n) is 3.71. The van der Waals surface area contributed by atoms with Crippen molar-refractivity contribution in [2.75, 3.05) is 7.11 Å². The maximum absolute atomic E-state index is 10.7. The van der Waals surface area contributed by atoms with Crippen LogP contribution in [0.25, 0.3) is 0 Å². The Morgan fingerprint density at radius 1 is 1.21 bits per heavy atom. The van der Waals surface area contributed by atoms with Crippen LogP contribution in [0, 0.1) is 0 Å². The standard InChI is InChI=1S/C7H12O7/c1-14-7(13)6(12)5(11)4(10)3(9)2-8/h2-6,9-12H,1H3/t3-,4+,5-,6+/m1/s1. The van der Waals surface area contributed by atoms with E-state index in [1.165, 1.54) is 0 Å². The van der Waals surface area contributed by atoms with Gasteiger partial charge in [0, 0.05) is 0 Å². The number of esters is 1. The summed E-state index contributed by atoms with van der Waals surface area (Å²) in [6, 6.07) is 0. The number of carbonyl (C=O) groups is 2. The van der Waals surface area contributed by atoms with Gasteiger partial charge in [-0.2, -0.15) is 0 Å². The molecule has 0 aromatic carbocycles. The van der Waals surface area contributed by atoms with Crippen molar-refractivity contribution in [2.45, 2.75) is 24.4 Å². The molecule has 0 spiro atoms. The molecule has 82 valence electrons. The molecule has 0 fully saturated rings. The Hall–Kier alpha value is -1.02. The Bertz CT molecular complexity index is 204. The Balaban J connectivity index is 4.37.